The standard InChI is InChI=1S/C14H16FN3O4S/c1-9(2)13(14(19)20)17-23(21,22)10-7-16-18(8-10)12-6-4-3-5-11(12)15/h3-9,13,17H,1-2H3,(H,19,20)/t13-/m1/s1. The molecule has 0 amide bonds. The van der Waals surface area contributed by atoms with Crippen LogP contribution in [0.4, 0.5) is 4.39 Å². The summed E-state index contributed by atoms with van der Waals surface area (Å²) in [6.07, 6.45) is 2.16. The number of hydrogen-bond acceptors (Lipinski definition) is 4. The van der Waals surface area contributed by atoms with E-state index in [0.717, 1.165) is 17.1 Å². The molecule has 0 saturated heterocycles. The van der Waals surface area contributed by atoms with Crippen molar-refractivity contribution in [3.05, 3.63) is 42.5 Å². The van der Waals surface area contributed by atoms with Crippen LogP contribution in [-0.4, -0.2) is 35.3 Å². The summed E-state index contributed by atoms with van der Waals surface area (Å²) in [6.45, 7) is 3.17. The monoisotopic (exact) mass is 341 g/mol. The van der Waals surface area contributed by atoms with Crippen LogP contribution in [0.25, 0.3) is 5.69 Å². The van der Waals surface area contributed by atoms with Crippen LogP contribution in [0.3, 0.4) is 0 Å². The predicted molar refractivity (Wildman–Crippen MR) is 80.1 cm³/mol. The SMILES string of the molecule is CC(C)[C@@H](NS(=O)(=O)c1cnn(-c2ccccc2F)c1)C(=O)O. The predicted octanol–water partition coefficient (Wildman–Crippen LogP) is 1.40. The van der Waals surface area contributed by atoms with Gasteiger partial charge >= 0.3 is 5.97 Å². The number of sulfonamides is 1. The number of nitrogens with one attached hydrogen (secondary N) is 1. The molecule has 1 aromatic heterocycles. The van der Waals surface area contributed by atoms with E-state index in [2.05, 4.69) is 9.82 Å². The molecule has 0 fully saturated rings. The normalized spacial score (nSPS) is 13.2. The molecule has 0 spiro atoms. The van der Waals surface area contributed by atoms with E-state index in [0.29, 0.717) is 0 Å². The zero-order valence-corrected chi connectivity index (χ0v) is 13.3. The Hall–Kier alpha value is -2.26. The molecule has 124 valence electrons. The van der Waals surface area contributed by atoms with Crippen LogP contribution in [0.2, 0.25) is 0 Å². The van der Waals surface area contributed by atoms with Gasteiger partial charge in [0.05, 0.1) is 12.4 Å². The smallest absolute Gasteiger partial charge is 0.322 e. The summed E-state index contributed by atoms with van der Waals surface area (Å²) < 4.78 is 41.4. The molecular weight excluding hydrogens is 325 g/mol. The van der Waals surface area contributed by atoms with E-state index in [1.165, 1.54) is 18.2 Å². The van der Waals surface area contributed by atoms with Crippen LogP contribution in [0, 0.1) is 11.7 Å². The number of para-hydroxylation sites is 1. The van der Waals surface area contributed by atoms with Crippen LogP contribution in [0.15, 0.2) is 41.6 Å². The van der Waals surface area contributed by atoms with Gasteiger partial charge < -0.3 is 5.11 Å². The molecule has 0 radical (unpaired) electrons. The molecule has 0 unspecified atom stereocenters. The summed E-state index contributed by atoms with van der Waals surface area (Å²) in [6, 6.07) is 4.49. The largest absolute Gasteiger partial charge is 0.480 e. The highest BCUT2D eigenvalue weighted by Gasteiger charge is 2.29. The highest BCUT2D eigenvalue weighted by molar-refractivity contribution is 7.89. The Labute approximate surface area is 132 Å². The van der Waals surface area contributed by atoms with Gasteiger partial charge in [-0.05, 0) is 18.1 Å². The lowest BCUT2D eigenvalue weighted by Gasteiger charge is -2.17. The lowest BCUT2D eigenvalue weighted by atomic mass is 10.1. The maximum absolute atomic E-state index is 13.7. The molecule has 0 aliphatic heterocycles. The Kier molecular flexibility index (Phi) is 4.81. The Morgan fingerprint density at radius 2 is 2.00 bits per heavy atom. The first kappa shape index (κ1) is 17.1. The van der Waals surface area contributed by atoms with Crippen molar-refractivity contribution in [1.29, 1.82) is 0 Å². The van der Waals surface area contributed by atoms with Crippen molar-refractivity contribution in [3.8, 4) is 5.69 Å². The van der Waals surface area contributed by atoms with E-state index >= 15 is 0 Å². The lowest BCUT2D eigenvalue weighted by Crippen LogP contribution is -2.44. The fraction of sp³-hybridized carbons (Fsp3) is 0.286. The zero-order valence-electron chi connectivity index (χ0n) is 12.5. The molecule has 23 heavy (non-hydrogen) atoms. The van der Waals surface area contributed by atoms with Crippen molar-refractivity contribution in [2.75, 3.05) is 0 Å². The highest BCUT2D eigenvalue weighted by Crippen LogP contribution is 2.16. The number of halogens is 1. The molecule has 2 aromatic rings. The third-order valence-electron chi connectivity index (χ3n) is 3.18. The maximum atomic E-state index is 13.7. The van der Waals surface area contributed by atoms with Gasteiger partial charge in [-0.3, -0.25) is 4.79 Å². The first-order valence-corrected chi connectivity index (χ1v) is 8.25. The second-order valence-electron chi connectivity index (χ2n) is 5.25. The van der Waals surface area contributed by atoms with Crippen molar-refractivity contribution in [1.82, 2.24) is 14.5 Å². The van der Waals surface area contributed by atoms with Gasteiger partial charge in [-0.25, -0.2) is 17.5 Å². The van der Waals surface area contributed by atoms with Gasteiger partial charge in [0.15, 0.2) is 0 Å². The average Bonchev–Trinajstić information content (AvgIpc) is 2.95. The number of carboxylic acids is 1. The minimum Gasteiger partial charge on any atom is -0.480 e. The van der Waals surface area contributed by atoms with Crippen molar-refractivity contribution < 1.29 is 22.7 Å². The summed E-state index contributed by atoms with van der Waals surface area (Å²) in [7, 11) is -4.09. The molecule has 2 rings (SSSR count). The van der Waals surface area contributed by atoms with Gasteiger partial charge in [-0.15, -0.1) is 0 Å². The number of aliphatic carboxylic acids is 1. The molecule has 1 aromatic carbocycles. The van der Waals surface area contributed by atoms with E-state index in [4.69, 9.17) is 5.11 Å². The first-order chi connectivity index (χ1) is 10.7. The Morgan fingerprint density at radius 3 is 2.57 bits per heavy atom. The number of hydrogen-bond donors (Lipinski definition) is 2. The van der Waals surface area contributed by atoms with Gasteiger partial charge in [0.25, 0.3) is 0 Å². The molecule has 0 bridgehead atoms. The zero-order chi connectivity index (χ0) is 17.2. The van der Waals surface area contributed by atoms with Crippen LogP contribution >= 0.6 is 0 Å². The minimum atomic E-state index is -4.09. The molecule has 7 nitrogen and oxygen atoms in total. The Morgan fingerprint density at radius 1 is 1.35 bits per heavy atom. The fourth-order valence-electron chi connectivity index (χ4n) is 1.92. The van der Waals surface area contributed by atoms with E-state index < -0.39 is 33.8 Å². The maximum Gasteiger partial charge on any atom is 0.322 e. The van der Waals surface area contributed by atoms with Gasteiger partial charge in [0.2, 0.25) is 10.0 Å². The summed E-state index contributed by atoms with van der Waals surface area (Å²) in [5.41, 5.74) is 0.0904. The summed E-state index contributed by atoms with van der Waals surface area (Å²) in [5, 5.41) is 12.9. The van der Waals surface area contributed by atoms with E-state index in [1.807, 2.05) is 0 Å². The Bertz CT molecular complexity index is 817. The third kappa shape index (κ3) is 3.74. The topological polar surface area (TPSA) is 101 Å². The summed E-state index contributed by atoms with van der Waals surface area (Å²) in [5.74, 6) is -2.27. The summed E-state index contributed by atoms with van der Waals surface area (Å²) >= 11 is 0. The van der Waals surface area contributed by atoms with Gasteiger partial charge in [0.1, 0.15) is 22.4 Å². The van der Waals surface area contributed by atoms with Gasteiger partial charge in [-0.2, -0.15) is 9.82 Å². The van der Waals surface area contributed by atoms with E-state index in [-0.39, 0.29) is 10.6 Å². The van der Waals surface area contributed by atoms with Gasteiger partial charge in [-0.1, -0.05) is 26.0 Å². The highest BCUT2D eigenvalue weighted by atomic mass is 32.2. The number of carbonyl (C=O) groups is 1. The summed E-state index contributed by atoms with van der Waals surface area (Å²) in [4.78, 5) is 10.9. The second-order valence-corrected chi connectivity index (χ2v) is 6.97. The van der Waals surface area contributed by atoms with E-state index in [9.17, 15) is 17.6 Å². The van der Waals surface area contributed by atoms with Crippen molar-refractivity contribution in [3.63, 3.8) is 0 Å². The quantitative estimate of drug-likeness (QED) is 0.827. The van der Waals surface area contributed by atoms with Crippen molar-refractivity contribution in [2.45, 2.75) is 24.8 Å². The second kappa shape index (κ2) is 6.47. The number of rotatable bonds is 6. The van der Waals surface area contributed by atoms with Crippen LogP contribution < -0.4 is 4.72 Å². The molecule has 1 atom stereocenters. The number of nitrogens with zero attached hydrogens (tertiary/aromatic N) is 2. The van der Waals surface area contributed by atoms with Crippen molar-refractivity contribution >= 4 is 16.0 Å². The third-order valence-corrected chi connectivity index (χ3v) is 4.58. The average molecular weight is 341 g/mol. The minimum absolute atomic E-state index is 0.0904. The molecule has 9 heteroatoms. The van der Waals surface area contributed by atoms with Crippen LogP contribution in [0.1, 0.15) is 13.8 Å². The number of aromatic nitrogens is 2. The lowest BCUT2D eigenvalue weighted by molar-refractivity contribution is -0.140. The molecule has 1 heterocycles. The number of benzene rings is 1. The number of carboxylic acid groups (broad SMARTS) is 1. The van der Waals surface area contributed by atoms with Gasteiger partial charge in [0, 0.05) is 0 Å². The molecular formula is C14H16FN3O4S. The molecule has 0 aliphatic carbocycles. The fourth-order valence-corrected chi connectivity index (χ4v) is 3.19. The van der Waals surface area contributed by atoms with Crippen LogP contribution in [-0.2, 0) is 14.8 Å². The Balaban J connectivity index is 2.32. The molecule has 0 aliphatic rings. The molecule has 2 N–H and O–H groups in total. The van der Waals surface area contributed by atoms with Crippen LogP contribution in [0.5, 0.6) is 0 Å². The first-order valence-electron chi connectivity index (χ1n) is 6.77. The van der Waals surface area contributed by atoms with Crippen molar-refractivity contribution in [2.24, 2.45) is 5.92 Å². The van der Waals surface area contributed by atoms with E-state index in [1.54, 1.807) is 19.9 Å². The molecule has 0 saturated carbocycles.